The largest absolute Gasteiger partial charge is 0.416 e. The van der Waals surface area contributed by atoms with E-state index in [1.807, 2.05) is 12.1 Å². The number of imidazole rings is 1. The lowest BCUT2D eigenvalue weighted by Crippen LogP contribution is -2.48. The molecule has 1 fully saturated rings. The molecule has 5 aromatic rings. The molecule has 3 aromatic heterocycles. The van der Waals surface area contributed by atoms with Crippen LogP contribution in [0, 0.1) is 24.6 Å². The number of rotatable bonds is 5. The standard InChI is InChI=1S/C32H26F4N8O2/c1-19-10-27(33)26(11-20(19)5-6-24-17-37-30-28(4-3-7-44(24)30)40-23-15-38-39-16-23)31(46)41-22-12-21(32(34,35)36)13-25(14-22)43-9-8-42(2)29(45)18-43/h3-4,7,10-17,40H,8-9,18H2,1-2H3,(H,38,39)(H,41,46). The van der Waals surface area contributed by atoms with Crippen LogP contribution in [0.4, 0.5) is 40.3 Å². The van der Waals surface area contributed by atoms with E-state index in [4.69, 9.17) is 0 Å². The number of benzene rings is 2. The molecule has 46 heavy (non-hydrogen) atoms. The Balaban J connectivity index is 1.28. The van der Waals surface area contributed by atoms with Crippen LogP contribution in [0.5, 0.6) is 0 Å². The van der Waals surface area contributed by atoms with Gasteiger partial charge in [0.25, 0.3) is 5.91 Å². The van der Waals surface area contributed by atoms with Crippen molar-refractivity contribution in [3.8, 4) is 11.8 Å². The Kier molecular flexibility index (Phi) is 7.83. The van der Waals surface area contributed by atoms with Crippen molar-refractivity contribution in [2.75, 3.05) is 42.2 Å². The van der Waals surface area contributed by atoms with E-state index in [9.17, 15) is 22.8 Å². The summed E-state index contributed by atoms with van der Waals surface area (Å²) in [5.74, 6) is 3.91. The summed E-state index contributed by atoms with van der Waals surface area (Å²) in [5.41, 5.74) is 1.89. The second-order valence-corrected chi connectivity index (χ2v) is 10.7. The van der Waals surface area contributed by atoms with Crippen molar-refractivity contribution in [2.24, 2.45) is 0 Å². The molecule has 0 atom stereocenters. The number of nitrogens with zero attached hydrogens (tertiary/aromatic N) is 5. The van der Waals surface area contributed by atoms with Gasteiger partial charge < -0.3 is 20.4 Å². The lowest BCUT2D eigenvalue weighted by molar-refractivity contribution is -0.137. The number of pyridine rings is 1. The van der Waals surface area contributed by atoms with Crippen LogP contribution >= 0.6 is 0 Å². The molecule has 1 aliphatic rings. The first kappa shape index (κ1) is 30.2. The first-order valence-electron chi connectivity index (χ1n) is 14.0. The molecule has 0 unspecified atom stereocenters. The van der Waals surface area contributed by atoms with Gasteiger partial charge in [-0.05, 0) is 60.9 Å². The maximum Gasteiger partial charge on any atom is 0.416 e. The second kappa shape index (κ2) is 11.9. The number of piperazine rings is 1. The number of amides is 2. The first-order chi connectivity index (χ1) is 22.0. The van der Waals surface area contributed by atoms with Gasteiger partial charge in [0.1, 0.15) is 11.5 Å². The zero-order valence-electron chi connectivity index (χ0n) is 24.5. The zero-order valence-corrected chi connectivity index (χ0v) is 24.5. The molecule has 4 heterocycles. The van der Waals surface area contributed by atoms with E-state index in [1.54, 1.807) is 43.2 Å². The number of fused-ring (bicyclic) bond motifs is 1. The number of carbonyl (C=O) groups excluding carboxylic acids is 2. The highest BCUT2D eigenvalue weighted by Crippen LogP contribution is 2.35. The predicted octanol–water partition coefficient (Wildman–Crippen LogP) is 5.20. The highest BCUT2D eigenvalue weighted by Gasteiger charge is 2.33. The Morgan fingerprint density at radius 1 is 1.07 bits per heavy atom. The number of aromatic amines is 1. The fourth-order valence-corrected chi connectivity index (χ4v) is 5.00. The average molecular weight is 631 g/mol. The highest BCUT2D eigenvalue weighted by molar-refractivity contribution is 6.05. The van der Waals surface area contributed by atoms with Crippen molar-refractivity contribution in [2.45, 2.75) is 13.1 Å². The van der Waals surface area contributed by atoms with E-state index >= 15 is 4.39 Å². The SMILES string of the molecule is Cc1cc(F)c(C(=O)Nc2cc(N3CCN(C)C(=O)C3)cc(C(F)(F)F)c2)cc1C#Cc1cnc2c(Nc3cn[nH]c3)cccn12. The van der Waals surface area contributed by atoms with Crippen LogP contribution in [0.3, 0.4) is 0 Å². The van der Waals surface area contributed by atoms with Gasteiger partial charge in [0, 0.05) is 49.5 Å². The van der Waals surface area contributed by atoms with Crippen molar-refractivity contribution < 1.29 is 27.2 Å². The smallest absolute Gasteiger partial charge is 0.360 e. The Morgan fingerprint density at radius 2 is 1.89 bits per heavy atom. The molecular formula is C32H26F4N8O2. The van der Waals surface area contributed by atoms with Crippen LogP contribution in [0.15, 0.2) is 67.3 Å². The minimum absolute atomic E-state index is 0.110. The first-order valence-corrected chi connectivity index (χ1v) is 14.0. The number of carbonyl (C=O) groups is 2. The molecule has 0 spiro atoms. The van der Waals surface area contributed by atoms with Gasteiger partial charge in [-0.3, -0.25) is 19.1 Å². The van der Waals surface area contributed by atoms with E-state index in [-0.39, 0.29) is 23.8 Å². The van der Waals surface area contributed by atoms with Crippen LogP contribution in [0.25, 0.3) is 5.65 Å². The summed E-state index contributed by atoms with van der Waals surface area (Å²) in [7, 11) is 1.61. The highest BCUT2D eigenvalue weighted by atomic mass is 19.4. The quantitative estimate of drug-likeness (QED) is 0.182. The fraction of sp³-hybridized carbons (Fsp3) is 0.188. The summed E-state index contributed by atoms with van der Waals surface area (Å²) in [6.07, 6.45) is 1.96. The number of aryl methyl sites for hydroxylation is 1. The lowest BCUT2D eigenvalue weighted by Gasteiger charge is -2.34. The van der Waals surface area contributed by atoms with Crippen molar-refractivity contribution in [1.82, 2.24) is 24.5 Å². The summed E-state index contributed by atoms with van der Waals surface area (Å²) in [4.78, 5) is 32.9. The van der Waals surface area contributed by atoms with Gasteiger partial charge in [-0.25, -0.2) is 9.37 Å². The van der Waals surface area contributed by atoms with Crippen LogP contribution < -0.4 is 15.5 Å². The molecule has 0 aliphatic carbocycles. The summed E-state index contributed by atoms with van der Waals surface area (Å²) in [5, 5.41) is 12.3. The van der Waals surface area contributed by atoms with Crippen molar-refractivity contribution in [1.29, 1.82) is 0 Å². The fourth-order valence-electron chi connectivity index (χ4n) is 5.00. The summed E-state index contributed by atoms with van der Waals surface area (Å²) in [6.45, 7) is 2.15. The van der Waals surface area contributed by atoms with E-state index in [1.165, 1.54) is 21.9 Å². The Bertz CT molecular complexity index is 2030. The lowest BCUT2D eigenvalue weighted by atomic mass is 10.0. The average Bonchev–Trinajstić information content (AvgIpc) is 3.68. The molecule has 0 radical (unpaired) electrons. The molecule has 234 valence electrons. The monoisotopic (exact) mass is 630 g/mol. The van der Waals surface area contributed by atoms with Gasteiger partial charge in [0.2, 0.25) is 5.91 Å². The number of alkyl halides is 3. The number of halogens is 4. The van der Waals surface area contributed by atoms with Crippen LogP contribution in [0.2, 0.25) is 0 Å². The van der Waals surface area contributed by atoms with Crippen LogP contribution in [-0.2, 0) is 11.0 Å². The molecule has 1 saturated heterocycles. The van der Waals surface area contributed by atoms with Gasteiger partial charge in [0.05, 0.1) is 41.4 Å². The number of anilines is 4. The number of hydrogen-bond donors (Lipinski definition) is 3. The van der Waals surface area contributed by atoms with Gasteiger partial charge in [0.15, 0.2) is 5.65 Å². The Labute approximate surface area is 260 Å². The summed E-state index contributed by atoms with van der Waals surface area (Å²) < 4.78 is 58.2. The number of aromatic nitrogens is 4. The third kappa shape index (κ3) is 6.20. The summed E-state index contributed by atoms with van der Waals surface area (Å²) >= 11 is 0. The molecule has 0 saturated carbocycles. The molecule has 1 aliphatic heterocycles. The Hall–Kier alpha value is -5.84. The third-order valence-electron chi connectivity index (χ3n) is 7.52. The maximum atomic E-state index is 15.1. The number of likely N-dealkylation sites (N-methyl/N-ethyl adjacent to an activating group) is 1. The zero-order chi connectivity index (χ0) is 32.6. The van der Waals surface area contributed by atoms with Gasteiger partial charge in [-0.2, -0.15) is 18.3 Å². The van der Waals surface area contributed by atoms with E-state index in [2.05, 4.69) is 37.7 Å². The maximum absolute atomic E-state index is 15.1. The van der Waals surface area contributed by atoms with E-state index in [0.29, 0.717) is 41.2 Å². The summed E-state index contributed by atoms with van der Waals surface area (Å²) in [6, 6.07) is 9.09. The van der Waals surface area contributed by atoms with Crippen LogP contribution in [0.1, 0.15) is 32.7 Å². The molecule has 10 nitrogen and oxygen atoms in total. The molecule has 2 amide bonds. The minimum Gasteiger partial charge on any atom is -0.360 e. The molecule has 2 aromatic carbocycles. The topological polar surface area (TPSA) is 111 Å². The number of hydrogen-bond acceptors (Lipinski definition) is 6. The van der Waals surface area contributed by atoms with Gasteiger partial charge >= 0.3 is 6.18 Å². The Morgan fingerprint density at radius 3 is 2.63 bits per heavy atom. The number of H-pyrrole nitrogens is 1. The third-order valence-corrected chi connectivity index (χ3v) is 7.52. The van der Waals surface area contributed by atoms with Crippen molar-refractivity contribution in [3.63, 3.8) is 0 Å². The van der Waals surface area contributed by atoms with Crippen LogP contribution in [-0.4, -0.2) is 63.0 Å². The van der Waals surface area contributed by atoms with Gasteiger partial charge in [-0.15, -0.1) is 0 Å². The minimum atomic E-state index is -4.72. The normalized spacial score (nSPS) is 13.5. The second-order valence-electron chi connectivity index (χ2n) is 10.7. The van der Waals surface area contributed by atoms with E-state index in [0.717, 1.165) is 23.9 Å². The molecule has 0 bridgehead atoms. The molecular weight excluding hydrogens is 604 g/mol. The van der Waals surface area contributed by atoms with Crippen molar-refractivity contribution >= 4 is 40.2 Å². The van der Waals surface area contributed by atoms with Gasteiger partial charge in [-0.1, -0.05) is 5.92 Å². The molecule has 14 heteroatoms. The van der Waals surface area contributed by atoms with E-state index < -0.39 is 29.0 Å². The number of nitrogens with one attached hydrogen (secondary N) is 3. The van der Waals surface area contributed by atoms with Crippen molar-refractivity contribution in [3.05, 3.63) is 101 Å². The molecule has 6 rings (SSSR count). The predicted molar refractivity (Wildman–Crippen MR) is 163 cm³/mol. The molecule has 3 N–H and O–H groups in total.